The van der Waals surface area contributed by atoms with Crippen LogP contribution in [0.15, 0.2) is 17.8 Å². The molecule has 0 amide bonds. The van der Waals surface area contributed by atoms with Crippen molar-refractivity contribution in [1.82, 2.24) is 29.7 Å². The van der Waals surface area contributed by atoms with Gasteiger partial charge in [0.15, 0.2) is 5.16 Å². The van der Waals surface area contributed by atoms with Gasteiger partial charge in [-0.3, -0.25) is 0 Å². The molecular weight excluding hydrogens is 250 g/mol. The van der Waals surface area contributed by atoms with Crippen molar-refractivity contribution >= 4 is 17.7 Å². The lowest BCUT2D eigenvalue weighted by molar-refractivity contribution is 0.758. The predicted octanol–water partition coefficient (Wildman–Crippen LogP) is 1.32. The maximum absolute atomic E-state index is 5.66. The summed E-state index contributed by atoms with van der Waals surface area (Å²) >= 11 is 1.58. The van der Waals surface area contributed by atoms with E-state index in [2.05, 4.69) is 32.0 Å². The van der Waals surface area contributed by atoms with E-state index >= 15 is 0 Å². The molecule has 0 saturated carbocycles. The zero-order chi connectivity index (χ0) is 12.8. The van der Waals surface area contributed by atoms with Crippen LogP contribution in [-0.4, -0.2) is 35.5 Å². The van der Waals surface area contributed by atoms with Crippen LogP contribution in [0.5, 0.6) is 0 Å². The van der Waals surface area contributed by atoms with E-state index in [9.17, 15) is 0 Å². The summed E-state index contributed by atoms with van der Waals surface area (Å²) in [6.07, 6.45) is 6.51. The smallest absolute Gasteiger partial charge is 0.257 e. The van der Waals surface area contributed by atoms with E-state index in [1.165, 1.54) is 30.2 Å². The van der Waals surface area contributed by atoms with Gasteiger partial charge in [-0.25, -0.2) is 4.98 Å². The third-order valence-corrected chi connectivity index (χ3v) is 3.16. The Bertz CT molecular complexity index is 485. The Morgan fingerprint density at radius 3 is 2.89 bits per heavy atom. The van der Waals surface area contributed by atoms with Crippen LogP contribution in [0, 0.1) is 0 Å². The molecule has 7 nitrogen and oxygen atoms in total. The van der Waals surface area contributed by atoms with Gasteiger partial charge in [0.1, 0.15) is 12.7 Å². The molecule has 0 radical (unpaired) electrons. The number of aromatic nitrogens is 6. The average molecular weight is 265 g/mol. The quantitative estimate of drug-likeness (QED) is 0.621. The largest absolute Gasteiger partial charge is 0.368 e. The van der Waals surface area contributed by atoms with E-state index in [1.54, 1.807) is 11.8 Å². The standard InChI is InChI=1S/C10H15N7S/c1-2-3-4-5-18-10-15-8(11)14-9(16-10)17-7-12-6-13-17/h6-7H,2-5H2,1H3,(H2,11,14,15,16). The van der Waals surface area contributed by atoms with Gasteiger partial charge in [0.2, 0.25) is 5.95 Å². The van der Waals surface area contributed by atoms with Crippen molar-refractivity contribution in [3.05, 3.63) is 12.7 Å². The normalized spacial score (nSPS) is 10.7. The Morgan fingerprint density at radius 1 is 1.28 bits per heavy atom. The number of nitrogens with two attached hydrogens (primary N) is 1. The van der Waals surface area contributed by atoms with Gasteiger partial charge in [-0.05, 0) is 6.42 Å². The van der Waals surface area contributed by atoms with Crippen molar-refractivity contribution in [2.45, 2.75) is 31.3 Å². The van der Waals surface area contributed by atoms with Crippen molar-refractivity contribution in [2.24, 2.45) is 0 Å². The summed E-state index contributed by atoms with van der Waals surface area (Å²) in [7, 11) is 0. The molecule has 0 unspecified atom stereocenters. The Kier molecular flexibility index (Phi) is 4.46. The van der Waals surface area contributed by atoms with Gasteiger partial charge in [-0.2, -0.15) is 24.7 Å². The second-order valence-electron chi connectivity index (χ2n) is 3.67. The van der Waals surface area contributed by atoms with Gasteiger partial charge in [0.05, 0.1) is 0 Å². The summed E-state index contributed by atoms with van der Waals surface area (Å²) in [6.45, 7) is 2.18. The van der Waals surface area contributed by atoms with Crippen molar-refractivity contribution in [1.29, 1.82) is 0 Å². The molecule has 8 heteroatoms. The molecule has 0 aliphatic heterocycles. The molecule has 2 rings (SSSR count). The Labute approximate surface area is 109 Å². The number of thioether (sulfide) groups is 1. The van der Waals surface area contributed by atoms with E-state index in [0.717, 1.165) is 12.2 Å². The molecular formula is C10H15N7S. The summed E-state index contributed by atoms with van der Waals surface area (Å²) in [4.78, 5) is 16.3. The number of anilines is 1. The van der Waals surface area contributed by atoms with Crippen molar-refractivity contribution < 1.29 is 0 Å². The van der Waals surface area contributed by atoms with Gasteiger partial charge < -0.3 is 5.73 Å². The minimum absolute atomic E-state index is 0.202. The first kappa shape index (κ1) is 12.7. The van der Waals surface area contributed by atoms with Gasteiger partial charge >= 0.3 is 0 Å². The molecule has 0 aliphatic carbocycles. The van der Waals surface area contributed by atoms with E-state index in [0.29, 0.717) is 11.1 Å². The Hall–Kier alpha value is -1.70. The highest BCUT2D eigenvalue weighted by Crippen LogP contribution is 2.16. The fourth-order valence-electron chi connectivity index (χ4n) is 1.36. The van der Waals surface area contributed by atoms with Crippen LogP contribution in [-0.2, 0) is 0 Å². The van der Waals surface area contributed by atoms with E-state index in [4.69, 9.17) is 5.73 Å². The minimum Gasteiger partial charge on any atom is -0.368 e. The maximum Gasteiger partial charge on any atom is 0.257 e. The summed E-state index contributed by atoms with van der Waals surface area (Å²) < 4.78 is 1.47. The zero-order valence-electron chi connectivity index (χ0n) is 10.2. The number of hydrogen-bond donors (Lipinski definition) is 1. The van der Waals surface area contributed by atoms with Gasteiger partial charge in [0.25, 0.3) is 5.95 Å². The summed E-state index contributed by atoms with van der Waals surface area (Å²) in [6, 6.07) is 0. The number of unbranched alkanes of at least 4 members (excludes halogenated alkanes) is 2. The number of nitrogen functional groups attached to an aromatic ring is 1. The molecule has 18 heavy (non-hydrogen) atoms. The van der Waals surface area contributed by atoms with Crippen LogP contribution >= 0.6 is 11.8 Å². The fourth-order valence-corrected chi connectivity index (χ4v) is 2.19. The first-order valence-corrected chi connectivity index (χ1v) is 6.77. The molecule has 0 fully saturated rings. The first-order chi connectivity index (χ1) is 8.79. The SMILES string of the molecule is CCCCCSc1nc(N)nc(-n2cncn2)n1. The third-order valence-electron chi connectivity index (χ3n) is 2.22. The second kappa shape index (κ2) is 6.29. The summed E-state index contributed by atoms with van der Waals surface area (Å²) in [5, 5.41) is 4.60. The molecule has 0 spiro atoms. The highest BCUT2D eigenvalue weighted by atomic mass is 32.2. The highest BCUT2D eigenvalue weighted by molar-refractivity contribution is 7.99. The van der Waals surface area contributed by atoms with Gasteiger partial charge in [-0.1, -0.05) is 31.5 Å². The zero-order valence-corrected chi connectivity index (χ0v) is 11.0. The second-order valence-corrected chi connectivity index (χ2v) is 4.73. The maximum atomic E-state index is 5.66. The number of hydrogen-bond acceptors (Lipinski definition) is 7. The fraction of sp³-hybridized carbons (Fsp3) is 0.500. The number of rotatable bonds is 6. The first-order valence-electron chi connectivity index (χ1n) is 5.79. The Balaban J connectivity index is 2.07. The monoisotopic (exact) mass is 265 g/mol. The number of nitrogens with zero attached hydrogens (tertiary/aromatic N) is 6. The summed E-state index contributed by atoms with van der Waals surface area (Å²) in [5.74, 6) is 1.58. The predicted molar refractivity (Wildman–Crippen MR) is 69.4 cm³/mol. The third kappa shape index (κ3) is 3.39. The molecule has 2 aromatic heterocycles. The van der Waals surface area contributed by atoms with Crippen LogP contribution in [0.1, 0.15) is 26.2 Å². The van der Waals surface area contributed by atoms with Crippen molar-refractivity contribution in [3.63, 3.8) is 0 Å². The van der Waals surface area contributed by atoms with E-state index in [-0.39, 0.29) is 5.95 Å². The van der Waals surface area contributed by atoms with Gasteiger partial charge in [-0.15, -0.1) is 0 Å². The highest BCUT2D eigenvalue weighted by Gasteiger charge is 2.07. The molecule has 0 bridgehead atoms. The molecule has 0 aromatic carbocycles. The molecule has 0 atom stereocenters. The molecule has 0 saturated heterocycles. The van der Waals surface area contributed by atoms with E-state index < -0.39 is 0 Å². The molecule has 2 aromatic rings. The van der Waals surface area contributed by atoms with Crippen LogP contribution in [0.3, 0.4) is 0 Å². The van der Waals surface area contributed by atoms with Crippen LogP contribution in [0.25, 0.3) is 5.95 Å². The van der Waals surface area contributed by atoms with Crippen molar-refractivity contribution in [2.75, 3.05) is 11.5 Å². The van der Waals surface area contributed by atoms with Crippen LogP contribution < -0.4 is 5.73 Å². The molecule has 96 valence electrons. The molecule has 2 heterocycles. The lowest BCUT2D eigenvalue weighted by Crippen LogP contribution is -2.07. The molecule has 2 N–H and O–H groups in total. The van der Waals surface area contributed by atoms with Crippen LogP contribution in [0.2, 0.25) is 0 Å². The average Bonchev–Trinajstić information content (AvgIpc) is 2.88. The van der Waals surface area contributed by atoms with Crippen molar-refractivity contribution in [3.8, 4) is 5.95 Å². The topological polar surface area (TPSA) is 95.4 Å². The Morgan fingerprint density at radius 2 is 2.17 bits per heavy atom. The lowest BCUT2D eigenvalue weighted by Gasteiger charge is -2.03. The van der Waals surface area contributed by atoms with E-state index in [1.807, 2.05) is 0 Å². The molecule has 0 aliphatic rings. The summed E-state index contributed by atoms with van der Waals surface area (Å²) in [5.41, 5.74) is 5.66. The van der Waals surface area contributed by atoms with Crippen LogP contribution in [0.4, 0.5) is 5.95 Å². The van der Waals surface area contributed by atoms with Gasteiger partial charge in [0, 0.05) is 5.75 Å². The minimum atomic E-state index is 0.202. The lowest BCUT2D eigenvalue weighted by atomic mass is 10.3.